The SMILES string of the molecule is O=C(O)[C@@H](Cc1cccc(Cl)c1)Oc1ccccc1Cl. The van der Waals surface area contributed by atoms with Crippen LogP contribution in [0.5, 0.6) is 5.75 Å². The number of carbonyl (C=O) groups is 1. The van der Waals surface area contributed by atoms with Gasteiger partial charge in [-0.05, 0) is 29.8 Å². The van der Waals surface area contributed by atoms with Crippen LogP contribution in [0.4, 0.5) is 0 Å². The van der Waals surface area contributed by atoms with Gasteiger partial charge in [0.1, 0.15) is 5.75 Å². The van der Waals surface area contributed by atoms with E-state index in [0.29, 0.717) is 15.8 Å². The number of rotatable bonds is 5. The summed E-state index contributed by atoms with van der Waals surface area (Å²) in [6, 6.07) is 13.8. The average molecular weight is 311 g/mol. The molecule has 0 aliphatic rings. The van der Waals surface area contributed by atoms with Gasteiger partial charge in [0.25, 0.3) is 0 Å². The van der Waals surface area contributed by atoms with Crippen LogP contribution in [0.3, 0.4) is 0 Å². The van der Waals surface area contributed by atoms with Crippen molar-refractivity contribution >= 4 is 29.2 Å². The maximum Gasteiger partial charge on any atom is 0.345 e. The lowest BCUT2D eigenvalue weighted by atomic mass is 10.1. The van der Waals surface area contributed by atoms with E-state index >= 15 is 0 Å². The fraction of sp³-hybridized carbons (Fsp3) is 0.133. The van der Waals surface area contributed by atoms with Crippen LogP contribution in [0.15, 0.2) is 48.5 Å². The summed E-state index contributed by atoms with van der Waals surface area (Å²) in [7, 11) is 0. The Hall–Kier alpha value is -1.71. The van der Waals surface area contributed by atoms with E-state index in [1.807, 2.05) is 0 Å². The minimum absolute atomic E-state index is 0.209. The number of hydrogen-bond acceptors (Lipinski definition) is 2. The highest BCUT2D eigenvalue weighted by Crippen LogP contribution is 2.25. The van der Waals surface area contributed by atoms with Crippen molar-refractivity contribution in [2.45, 2.75) is 12.5 Å². The molecule has 0 aromatic heterocycles. The molecule has 1 atom stereocenters. The lowest BCUT2D eigenvalue weighted by Crippen LogP contribution is -2.29. The molecule has 0 amide bonds. The highest BCUT2D eigenvalue weighted by Gasteiger charge is 2.21. The zero-order valence-electron chi connectivity index (χ0n) is 10.4. The Morgan fingerprint density at radius 3 is 2.55 bits per heavy atom. The number of ether oxygens (including phenoxy) is 1. The lowest BCUT2D eigenvalue weighted by Gasteiger charge is -2.16. The molecule has 104 valence electrons. The molecule has 2 rings (SSSR count). The monoisotopic (exact) mass is 310 g/mol. The van der Waals surface area contributed by atoms with E-state index in [9.17, 15) is 9.90 Å². The maximum absolute atomic E-state index is 11.3. The van der Waals surface area contributed by atoms with Crippen molar-refractivity contribution in [2.24, 2.45) is 0 Å². The summed E-state index contributed by atoms with van der Waals surface area (Å²) in [6.45, 7) is 0. The molecular formula is C15H12Cl2O3. The van der Waals surface area contributed by atoms with E-state index in [2.05, 4.69) is 0 Å². The predicted octanol–water partition coefficient (Wildman–Crippen LogP) is 4.07. The zero-order valence-corrected chi connectivity index (χ0v) is 11.9. The van der Waals surface area contributed by atoms with Crippen molar-refractivity contribution in [3.63, 3.8) is 0 Å². The highest BCUT2D eigenvalue weighted by molar-refractivity contribution is 6.32. The van der Waals surface area contributed by atoms with Crippen LogP contribution in [0.1, 0.15) is 5.56 Å². The Morgan fingerprint density at radius 2 is 1.90 bits per heavy atom. The second-order valence-electron chi connectivity index (χ2n) is 4.21. The molecule has 0 bridgehead atoms. The topological polar surface area (TPSA) is 46.5 Å². The zero-order chi connectivity index (χ0) is 14.5. The van der Waals surface area contributed by atoms with Crippen LogP contribution in [-0.2, 0) is 11.2 Å². The Balaban J connectivity index is 2.16. The molecular weight excluding hydrogens is 299 g/mol. The van der Waals surface area contributed by atoms with Crippen molar-refractivity contribution in [2.75, 3.05) is 0 Å². The number of halogens is 2. The first-order valence-corrected chi connectivity index (χ1v) is 6.70. The number of aliphatic carboxylic acids is 1. The molecule has 0 aliphatic heterocycles. The molecule has 20 heavy (non-hydrogen) atoms. The molecule has 0 radical (unpaired) electrons. The molecule has 0 aliphatic carbocycles. The van der Waals surface area contributed by atoms with E-state index < -0.39 is 12.1 Å². The number of hydrogen-bond donors (Lipinski definition) is 1. The van der Waals surface area contributed by atoms with E-state index in [1.54, 1.807) is 48.5 Å². The first kappa shape index (κ1) is 14.7. The van der Waals surface area contributed by atoms with Crippen LogP contribution in [-0.4, -0.2) is 17.2 Å². The van der Waals surface area contributed by atoms with Gasteiger partial charge in [-0.25, -0.2) is 4.79 Å². The van der Waals surface area contributed by atoms with Gasteiger partial charge in [0, 0.05) is 11.4 Å². The normalized spacial score (nSPS) is 11.9. The molecule has 0 saturated heterocycles. The third-order valence-electron chi connectivity index (χ3n) is 2.69. The fourth-order valence-corrected chi connectivity index (χ4v) is 2.14. The van der Waals surface area contributed by atoms with Gasteiger partial charge < -0.3 is 9.84 Å². The molecule has 0 spiro atoms. The van der Waals surface area contributed by atoms with Crippen molar-refractivity contribution in [3.8, 4) is 5.75 Å². The largest absolute Gasteiger partial charge is 0.478 e. The van der Waals surface area contributed by atoms with Gasteiger partial charge in [-0.2, -0.15) is 0 Å². The molecule has 0 saturated carbocycles. The van der Waals surface area contributed by atoms with Gasteiger partial charge in [0.2, 0.25) is 0 Å². The number of benzene rings is 2. The van der Waals surface area contributed by atoms with E-state index in [-0.39, 0.29) is 6.42 Å². The van der Waals surface area contributed by atoms with Crippen molar-refractivity contribution in [1.29, 1.82) is 0 Å². The molecule has 2 aromatic carbocycles. The smallest absolute Gasteiger partial charge is 0.345 e. The third-order valence-corrected chi connectivity index (χ3v) is 3.24. The van der Waals surface area contributed by atoms with Gasteiger partial charge in [0.05, 0.1) is 5.02 Å². The Labute approximate surface area is 126 Å². The molecule has 5 heteroatoms. The summed E-state index contributed by atoms with van der Waals surface area (Å²) in [6.07, 6.45) is -0.811. The highest BCUT2D eigenvalue weighted by atomic mass is 35.5. The van der Waals surface area contributed by atoms with Gasteiger partial charge >= 0.3 is 5.97 Å². The standard InChI is InChI=1S/C15H12Cl2O3/c16-11-5-3-4-10(8-11)9-14(15(18)19)20-13-7-2-1-6-12(13)17/h1-8,14H,9H2,(H,18,19)/t14-/m1/s1. The minimum atomic E-state index is -1.05. The molecule has 0 unspecified atom stereocenters. The third kappa shape index (κ3) is 3.89. The first-order chi connectivity index (χ1) is 9.56. The number of para-hydroxylation sites is 1. The van der Waals surface area contributed by atoms with Crippen LogP contribution in [0.2, 0.25) is 10.0 Å². The van der Waals surface area contributed by atoms with Crippen molar-refractivity contribution in [1.82, 2.24) is 0 Å². The average Bonchev–Trinajstić information content (AvgIpc) is 2.40. The maximum atomic E-state index is 11.3. The quantitative estimate of drug-likeness (QED) is 0.905. The van der Waals surface area contributed by atoms with E-state index in [4.69, 9.17) is 27.9 Å². The summed E-state index contributed by atoms with van der Waals surface area (Å²) in [5.41, 5.74) is 0.789. The van der Waals surface area contributed by atoms with Gasteiger partial charge in [-0.3, -0.25) is 0 Å². The molecule has 0 fully saturated rings. The predicted molar refractivity (Wildman–Crippen MR) is 78.7 cm³/mol. The molecule has 3 nitrogen and oxygen atoms in total. The van der Waals surface area contributed by atoms with Crippen LogP contribution in [0, 0.1) is 0 Å². The van der Waals surface area contributed by atoms with Crippen molar-refractivity contribution < 1.29 is 14.6 Å². The summed E-state index contributed by atoms with van der Waals surface area (Å²) >= 11 is 11.8. The van der Waals surface area contributed by atoms with Crippen LogP contribution >= 0.6 is 23.2 Å². The van der Waals surface area contributed by atoms with Gasteiger partial charge in [-0.15, -0.1) is 0 Å². The Kier molecular flexibility index (Phi) is 4.88. The Bertz CT molecular complexity index is 614. The number of carboxylic acid groups (broad SMARTS) is 1. The second-order valence-corrected chi connectivity index (χ2v) is 5.05. The van der Waals surface area contributed by atoms with Crippen molar-refractivity contribution in [3.05, 3.63) is 64.1 Å². The van der Waals surface area contributed by atoms with E-state index in [1.165, 1.54) is 0 Å². The van der Waals surface area contributed by atoms with Crippen LogP contribution in [0.25, 0.3) is 0 Å². The summed E-state index contributed by atoms with van der Waals surface area (Å²) in [5, 5.41) is 10.2. The molecule has 2 aromatic rings. The van der Waals surface area contributed by atoms with Crippen LogP contribution < -0.4 is 4.74 Å². The summed E-state index contributed by atoms with van der Waals surface area (Å²) in [5.74, 6) is -0.700. The fourth-order valence-electron chi connectivity index (χ4n) is 1.75. The lowest BCUT2D eigenvalue weighted by molar-refractivity contribution is -0.145. The number of carboxylic acids is 1. The van der Waals surface area contributed by atoms with Gasteiger partial charge in [0.15, 0.2) is 6.10 Å². The molecule has 1 N–H and O–H groups in total. The summed E-state index contributed by atoms with van der Waals surface area (Å²) < 4.78 is 5.48. The minimum Gasteiger partial charge on any atom is -0.478 e. The van der Waals surface area contributed by atoms with Gasteiger partial charge in [-0.1, -0.05) is 47.5 Å². The second kappa shape index (κ2) is 6.64. The Morgan fingerprint density at radius 1 is 1.15 bits per heavy atom. The van der Waals surface area contributed by atoms with E-state index in [0.717, 1.165) is 5.56 Å². The summed E-state index contributed by atoms with van der Waals surface area (Å²) in [4.78, 5) is 11.3. The molecule has 0 heterocycles. The first-order valence-electron chi connectivity index (χ1n) is 5.94.